The van der Waals surface area contributed by atoms with Crippen molar-refractivity contribution in [2.24, 2.45) is 0 Å². The van der Waals surface area contributed by atoms with E-state index in [0.717, 1.165) is 28.7 Å². The fraction of sp³-hybridized carbons (Fsp3) is 0.438. The van der Waals surface area contributed by atoms with E-state index in [1.54, 1.807) is 18.4 Å². The highest BCUT2D eigenvalue weighted by molar-refractivity contribution is 7.09. The number of nitrogens with one attached hydrogen (secondary N) is 1. The van der Waals surface area contributed by atoms with E-state index in [9.17, 15) is 0 Å². The molecule has 5 heteroatoms. The van der Waals surface area contributed by atoms with Gasteiger partial charge in [-0.05, 0) is 32.9 Å². The first-order valence-electron chi connectivity index (χ1n) is 6.91. The van der Waals surface area contributed by atoms with Gasteiger partial charge in [0.25, 0.3) is 0 Å². The van der Waals surface area contributed by atoms with Crippen molar-refractivity contribution in [2.75, 3.05) is 7.11 Å². The van der Waals surface area contributed by atoms with E-state index < -0.39 is 0 Å². The van der Waals surface area contributed by atoms with Crippen molar-refractivity contribution >= 4 is 11.3 Å². The summed E-state index contributed by atoms with van der Waals surface area (Å²) in [6.07, 6.45) is 0. The largest absolute Gasteiger partial charge is 0.497 e. The van der Waals surface area contributed by atoms with Crippen LogP contribution in [0, 0.1) is 0 Å². The second kappa shape index (κ2) is 6.91. The first kappa shape index (κ1) is 15.8. The monoisotopic (exact) mass is 306 g/mol. The minimum atomic E-state index is 0.100. The van der Waals surface area contributed by atoms with Gasteiger partial charge in [-0.15, -0.1) is 11.3 Å². The number of rotatable bonds is 6. The molecule has 0 amide bonds. The molecule has 4 nitrogen and oxygen atoms in total. The van der Waals surface area contributed by atoms with Crippen LogP contribution in [-0.2, 0) is 13.2 Å². The van der Waals surface area contributed by atoms with Gasteiger partial charge in [-0.3, -0.25) is 0 Å². The van der Waals surface area contributed by atoms with Crippen LogP contribution in [0.2, 0.25) is 0 Å². The van der Waals surface area contributed by atoms with Crippen LogP contribution in [0.1, 0.15) is 31.5 Å². The lowest BCUT2D eigenvalue weighted by atomic mass is 10.1. The molecule has 0 atom stereocenters. The molecular weight excluding hydrogens is 284 g/mol. The Morgan fingerprint density at radius 1 is 1.24 bits per heavy atom. The predicted octanol–water partition coefficient (Wildman–Crippen LogP) is 3.62. The number of hydrogen-bond donors (Lipinski definition) is 1. The standard InChI is InChI=1S/C16H22N2O2S/c1-16(2,3)17-9-15-18-12(11-21-15)10-20-14-7-5-6-13(8-14)19-4/h5-8,11,17H,9-10H2,1-4H3. The molecule has 114 valence electrons. The number of ether oxygens (including phenoxy) is 2. The molecule has 2 aromatic rings. The van der Waals surface area contributed by atoms with Gasteiger partial charge in [0, 0.05) is 23.5 Å². The average Bonchev–Trinajstić information content (AvgIpc) is 2.90. The van der Waals surface area contributed by atoms with Crippen LogP contribution >= 0.6 is 11.3 Å². The van der Waals surface area contributed by atoms with Gasteiger partial charge in [-0.2, -0.15) is 0 Å². The minimum Gasteiger partial charge on any atom is -0.497 e. The number of aromatic nitrogens is 1. The van der Waals surface area contributed by atoms with E-state index in [1.165, 1.54) is 0 Å². The highest BCUT2D eigenvalue weighted by Gasteiger charge is 2.10. The number of hydrogen-bond acceptors (Lipinski definition) is 5. The molecular formula is C16H22N2O2S. The normalized spacial score (nSPS) is 11.4. The van der Waals surface area contributed by atoms with Crippen LogP contribution < -0.4 is 14.8 Å². The Balaban J connectivity index is 1.87. The lowest BCUT2D eigenvalue weighted by Crippen LogP contribution is -2.35. The van der Waals surface area contributed by atoms with Gasteiger partial charge in [0.2, 0.25) is 0 Å². The Morgan fingerprint density at radius 3 is 2.71 bits per heavy atom. The Labute approximate surface area is 130 Å². The first-order chi connectivity index (χ1) is 9.96. The van der Waals surface area contributed by atoms with Crippen LogP contribution in [0.3, 0.4) is 0 Å². The van der Waals surface area contributed by atoms with Gasteiger partial charge < -0.3 is 14.8 Å². The van der Waals surface area contributed by atoms with Crippen LogP contribution in [-0.4, -0.2) is 17.6 Å². The Morgan fingerprint density at radius 2 is 2.00 bits per heavy atom. The highest BCUT2D eigenvalue weighted by Crippen LogP contribution is 2.20. The lowest BCUT2D eigenvalue weighted by molar-refractivity contribution is 0.299. The molecule has 0 unspecified atom stereocenters. The molecule has 0 spiro atoms. The zero-order valence-corrected chi connectivity index (χ0v) is 13.8. The second-order valence-corrected chi connectivity index (χ2v) is 6.75. The Bertz CT molecular complexity index is 576. The zero-order chi connectivity index (χ0) is 15.3. The van der Waals surface area contributed by atoms with Gasteiger partial charge in [0.15, 0.2) is 0 Å². The average molecular weight is 306 g/mol. The van der Waals surface area contributed by atoms with Crippen molar-refractivity contribution in [3.8, 4) is 11.5 Å². The molecule has 2 rings (SSSR count). The highest BCUT2D eigenvalue weighted by atomic mass is 32.1. The Kier molecular flexibility index (Phi) is 5.20. The third kappa shape index (κ3) is 5.36. The number of thiazole rings is 1. The molecule has 21 heavy (non-hydrogen) atoms. The van der Waals surface area contributed by atoms with E-state index in [4.69, 9.17) is 9.47 Å². The van der Waals surface area contributed by atoms with Crippen molar-refractivity contribution in [3.05, 3.63) is 40.3 Å². The molecule has 1 aromatic heterocycles. The summed E-state index contributed by atoms with van der Waals surface area (Å²) in [5, 5.41) is 6.55. The van der Waals surface area contributed by atoms with Gasteiger partial charge >= 0.3 is 0 Å². The summed E-state index contributed by atoms with van der Waals surface area (Å²) in [5.41, 5.74) is 1.05. The Hall–Kier alpha value is -1.59. The molecule has 0 fully saturated rings. The zero-order valence-electron chi connectivity index (χ0n) is 13.0. The third-order valence-corrected chi connectivity index (χ3v) is 3.69. The smallest absolute Gasteiger partial charge is 0.131 e. The summed E-state index contributed by atoms with van der Waals surface area (Å²) in [6, 6.07) is 7.59. The van der Waals surface area contributed by atoms with E-state index in [0.29, 0.717) is 6.61 Å². The molecule has 0 bridgehead atoms. The molecule has 0 aliphatic heterocycles. The number of benzene rings is 1. The quantitative estimate of drug-likeness (QED) is 0.885. The van der Waals surface area contributed by atoms with E-state index in [-0.39, 0.29) is 5.54 Å². The summed E-state index contributed by atoms with van der Waals surface area (Å²) in [5.74, 6) is 1.58. The predicted molar refractivity (Wildman–Crippen MR) is 86.0 cm³/mol. The van der Waals surface area contributed by atoms with E-state index in [2.05, 4.69) is 31.1 Å². The van der Waals surface area contributed by atoms with Gasteiger partial charge in [-0.25, -0.2) is 4.98 Å². The van der Waals surface area contributed by atoms with E-state index in [1.807, 2.05) is 29.6 Å². The molecule has 0 aliphatic carbocycles. The molecule has 0 saturated carbocycles. The van der Waals surface area contributed by atoms with Crippen LogP contribution in [0.25, 0.3) is 0 Å². The van der Waals surface area contributed by atoms with Crippen LogP contribution in [0.5, 0.6) is 11.5 Å². The summed E-state index contributed by atoms with van der Waals surface area (Å²) >= 11 is 1.65. The van der Waals surface area contributed by atoms with Gasteiger partial charge in [-0.1, -0.05) is 6.07 Å². The van der Waals surface area contributed by atoms with Gasteiger partial charge in [0.1, 0.15) is 23.1 Å². The molecule has 1 heterocycles. The third-order valence-electron chi connectivity index (χ3n) is 2.80. The van der Waals surface area contributed by atoms with Crippen LogP contribution in [0.15, 0.2) is 29.6 Å². The molecule has 0 radical (unpaired) electrons. The molecule has 1 N–H and O–H groups in total. The fourth-order valence-corrected chi connectivity index (χ4v) is 2.40. The van der Waals surface area contributed by atoms with Crippen molar-refractivity contribution < 1.29 is 9.47 Å². The molecule has 0 aliphatic rings. The summed E-state index contributed by atoms with van der Waals surface area (Å²) in [7, 11) is 1.65. The maximum absolute atomic E-state index is 5.74. The second-order valence-electron chi connectivity index (χ2n) is 5.80. The first-order valence-corrected chi connectivity index (χ1v) is 7.79. The number of nitrogens with zero attached hydrogens (tertiary/aromatic N) is 1. The van der Waals surface area contributed by atoms with E-state index >= 15 is 0 Å². The van der Waals surface area contributed by atoms with Crippen molar-refractivity contribution in [1.82, 2.24) is 10.3 Å². The lowest BCUT2D eigenvalue weighted by Gasteiger charge is -2.19. The maximum Gasteiger partial charge on any atom is 0.131 e. The summed E-state index contributed by atoms with van der Waals surface area (Å²) in [6.45, 7) is 7.70. The SMILES string of the molecule is COc1cccc(OCc2csc(CNC(C)(C)C)n2)c1. The minimum absolute atomic E-state index is 0.100. The fourth-order valence-electron chi connectivity index (χ4n) is 1.69. The van der Waals surface area contributed by atoms with Crippen LogP contribution in [0.4, 0.5) is 0 Å². The van der Waals surface area contributed by atoms with Crippen molar-refractivity contribution in [1.29, 1.82) is 0 Å². The maximum atomic E-state index is 5.74. The summed E-state index contributed by atoms with van der Waals surface area (Å²) < 4.78 is 10.9. The number of methoxy groups -OCH3 is 1. The van der Waals surface area contributed by atoms with Gasteiger partial charge in [0.05, 0.1) is 12.8 Å². The van der Waals surface area contributed by atoms with Crippen molar-refractivity contribution in [2.45, 2.75) is 39.5 Å². The summed E-state index contributed by atoms with van der Waals surface area (Å²) in [4.78, 5) is 4.57. The van der Waals surface area contributed by atoms with Crippen molar-refractivity contribution in [3.63, 3.8) is 0 Å². The topological polar surface area (TPSA) is 43.4 Å². The molecule has 0 saturated heterocycles. The molecule has 1 aromatic carbocycles.